The predicted octanol–water partition coefficient (Wildman–Crippen LogP) is 4.20. The van der Waals surface area contributed by atoms with Gasteiger partial charge in [0.25, 0.3) is 0 Å². The Kier molecular flexibility index (Phi) is 6.89. The standard InChI is InChI=1S/C22H31ClN2O3/c1-14(2)17-7-5-15(3)11-20(17)28-22(26)19-13-25(10-9-24-19)16-6-8-18(23)21(12-16)27-4/h6,8,12,15,19-20,24H,5,7,9-11,13H2,1-4H3/t15-,19?,20?/m1/s1. The first-order valence-corrected chi connectivity index (χ1v) is 10.5. The van der Waals surface area contributed by atoms with Crippen LogP contribution in [0.5, 0.6) is 5.75 Å². The quantitative estimate of drug-likeness (QED) is 0.600. The number of benzene rings is 1. The average molecular weight is 407 g/mol. The summed E-state index contributed by atoms with van der Waals surface area (Å²) in [7, 11) is 1.61. The summed E-state index contributed by atoms with van der Waals surface area (Å²) in [5.41, 5.74) is 3.56. The molecule has 2 fully saturated rings. The molecule has 2 aliphatic rings. The number of carbonyl (C=O) groups excluding carboxylic acids is 1. The number of anilines is 1. The SMILES string of the molecule is COc1cc(N2CCNC(C(=O)OC3C[C@H](C)CCC3=C(C)C)C2)ccc1Cl. The van der Waals surface area contributed by atoms with Gasteiger partial charge in [0, 0.05) is 31.4 Å². The number of ether oxygens (including phenoxy) is 2. The van der Waals surface area contributed by atoms with Gasteiger partial charge in [-0.25, -0.2) is 0 Å². The van der Waals surface area contributed by atoms with Crippen molar-refractivity contribution in [2.75, 3.05) is 31.6 Å². The zero-order valence-electron chi connectivity index (χ0n) is 17.3. The molecule has 0 bridgehead atoms. The highest BCUT2D eigenvalue weighted by atomic mass is 35.5. The number of hydrogen-bond acceptors (Lipinski definition) is 5. The fourth-order valence-corrected chi connectivity index (χ4v) is 4.28. The molecule has 0 radical (unpaired) electrons. The Morgan fingerprint density at radius 3 is 2.82 bits per heavy atom. The molecule has 1 aromatic rings. The van der Waals surface area contributed by atoms with Crippen molar-refractivity contribution < 1.29 is 14.3 Å². The molecule has 1 saturated carbocycles. The molecule has 0 amide bonds. The van der Waals surface area contributed by atoms with Gasteiger partial charge >= 0.3 is 5.97 Å². The van der Waals surface area contributed by atoms with E-state index in [-0.39, 0.29) is 18.1 Å². The summed E-state index contributed by atoms with van der Waals surface area (Å²) >= 11 is 6.14. The van der Waals surface area contributed by atoms with Crippen LogP contribution in [-0.4, -0.2) is 44.9 Å². The van der Waals surface area contributed by atoms with Crippen LogP contribution in [0.2, 0.25) is 5.02 Å². The van der Waals surface area contributed by atoms with Gasteiger partial charge in [0.2, 0.25) is 0 Å². The lowest BCUT2D eigenvalue weighted by Crippen LogP contribution is -2.55. The lowest BCUT2D eigenvalue weighted by Gasteiger charge is -2.36. The number of halogens is 1. The van der Waals surface area contributed by atoms with Gasteiger partial charge in [-0.2, -0.15) is 0 Å². The van der Waals surface area contributed by atoms with Crippen molar-refractivity contribution in [3.05, 3.63) is 34.4 Å². The number of carbonyl (C=O) groups is 1. The molecule has 28 heavy (non-hydrogen) atoms. The van der Waals surface area contributed by atoms with Crippen molar-refractivity contribution in [1.29, 1.82) is 0 Å². The molecule has 5 nitrogen and oxygen atoms in total. The van der Waals surface area contributed by atoms with Crippen LogP contribution in [0.25, 0.3) is 0 Å². The maximum Gasteiger partial charge on any atom is 0.325 e. The summed E-state index contributed by atoms with van der Waals surface area (Å²) in [6.45, 7) is 8.56. The molecule has 0 aromatic heterocycles. The fourth-order valence-electron chi connectivity index (χ4n) is 4.09. The summed E-state index contributed by atoms with van der Waals surface area (Å²) in [6, 6.07) is 5.37. The van der Waals surface area contributed by atoms with Gasteiger partial charge < -0.3 is 19.7 Å². The molecule has 154 valence electrons. The van der Waals surface area contributed by atoms with Crippen LogP contribution in [0.4, 0.5) is 5.69 Å². The summed E-state index contributed by atoms with van der Waals surface area (Å²) < 4.78 is 11.3. The average Bonchev–Trinajstić information content (AvgIpc) is 2.68. The van der Waals surface area contributed by atoms with E-state index in [4.69, 9.17) is 21.1 Å². The second-order valence-electron chi connectivity index (χ2n) is 8.10. The zero-order chi connectivity index (χ0) is 20.3. The van der Waals surface area contributed by atoms with Gasteiger partial charge in [-0.3, -0.25) is 4.79 Å². The van der Waals surface area contributed by atoms with Gasteiger partial charge in [-0.1, -0.05) is 24.1 Å². The summed E-state index contributed by atoms with van der Waals surface area (Å²) in [6.07, 6.45) is 3.02. The van der Waals surface area contributed by atoms with Crippen molar-refractivity contribution in [3.63, 3.8) is 0 Å². The van der Waals surface area contributed by atoms with E-state index >= 15 is 0 Å². The summed E-state index contributed by atoms with van der Waals surface area (Å²) in [4.78, 5) is 15.1. The molecule has 1 N–H and O–H groups in total. The fraction of sp³-hybridized carbons (Fsp3) is 0.591. The molecule has 1 aromatic carbocycles. The van der Waals surface area contributed by atoms with Gasteiger partial charge in [-0.15, -0.1) is 0 Å². The number of hydrogen-bond donors (Lipinski definition) is 1. The molecule has 1 aliphatic heterocycles. The highest BCUT2D eigenvalue weighted by molar-refractivity contribution is 6.32. The normalized spacial score (nSPS) is 25.4. The molecule has 2 unspecified atom stereocenters. The van der Waals surface area contributed by atoms with Crippen LogP contribution < -0.4 is 15.0 Å². The van der Waals surface area contributed by atoms with Crippen molar-refractivity contribution >= 4 is 23.3 Å². The Labute approximate surface area is 173 Å². The first kappa shape index (κ1) is 21.0. The van der Waals surface area contributed by atoms with Crippen molar-refractivity contribution in [2.24, 2.45) is 5.92 Å². The molecule has 1 heterocycles. The van der Waals surface area contributed by atoms with E-state index in [0.717, 1.165) is 31.6 Å². The predicted molar refractivity (Wildman–Crippen MR) is 113 cm³/mol. The molecular weight excluding hydrogens is 376 g/mol. The maximum atomic E-state index is 12.9. The number of nitrogens with zero attached hydrogens (tertiary/aromatic N) is 1. The molecular formula is C22H31ClN2O3. The topological polar surface area (TPSA) is 50.8 Å². The number of rotatable bonds is 4. The van der Waals surface area contributed by atoms with E-state index < -0.39 is 0 Å². The summed E-state index contributed by atoms with van der Waals surface area (Å²) in [5, 5.41) is 3.90. The number of nitrogens with one attached hydrogen (secondary N) is 1. The Morgan fingerprint density at radius 2 is 2.11 bits per heavy atom. The minimum absolute atomic E-state index is 0.0888. The van der Waals surface area contributed by atoms with Crippen LogP contribution in [0, 0.1) is 5.92 Å². The molecule has 0 spiro atoms. The first-order valence-electron chi connectivity index (χ1n) is 10.1. The third kappa shape index (κ3) is 4.81. The van der Waals surface area contributed by atoms with E-state index in [0.29, 0.717) is 23.2 Å². The van der Waals surface area contributed by atoms with Gasteiger partial charge in [0.1, 0.15) is 17.9 Å². The number of piperazine rings is 1. The first-order chi connectivity index (χ1) is 13.4. The van der Waals surface area contributed by atoms with Crippen LogP contribution in [0.15, 0.2) is 29.3 Å². The van der Waals surface area contributed by atoms with Crippen molar-refractivity contribution in [2.45, 2.75) is 52.2 Å². The van der Waals surface area contributed by atoms with Crippen LogP contribution >= 0.6 is 11.6 Å². The van der Waals surface area contributed by atoms with Crippen LogP contribution in [0.1, 0.15) is 40.0 Å². The molecule has 1 aliphatic carbocycles. The molecule has 6 heteroatoms. The maximum absolute atomic E-state index is 12.9. The second-order valence-corrected chi connectivity index (χ2v) is 8.51. The Bertz CT molecular complexity index is 745. The molecule has 3 rings (SSSR count). The Balaban J connectivity index is 1.68. The van der Waals surface area contributed by atoms with Gasteiger partial charge in [-0.05, 0) is 56.7 Å². The van der Waals surface area contributed by atoms with Crippen molar-refractivity contribution in [1.82, 2.24) is 5.32 Å². The van der Waals surface area contributed by atoms with Crippen LogP contribution in [0.3, 0.4) is 0 Å². The van der Waals surface area contributed by atoms with E-state index in [1.54, 1.807) is 7.11 Å². The van der Waals surface area contributed by atoms with Crippen molar-refractivity contribution in [3.8, 4) is 5.75 Å². The van der Waals surface area contributed by atoms with E-state index in [9.17, 15) is 4.79 Å². The second kappa shape index (κ2) is 9.19. The smallest absolute Gasteiger partial charge is 0.325 e. The van der Waals surface area contributed by atoms with E-state index in [1.165, 1.54) is 17.6 Å². The number of methoxy groups -OCH3 is 1. The monoisotopic (exact) mass is 406 g/mol. The highest BCUT2D eigenvalue weighted by Gasteiger charge is 2.32. The van der Waals surface area contributed by atoms with E-state index in [2.05, 4.69) is 31.0 Å². The van der Waals surface area contributed by atoms with Gasteiger partial charge in [0.15, 0.2) is 0 Å². The summed E-state index contributed by atoms with van der Waals surface area (Å²) in [5.74, 6) is 1.06. The largest absolute Gasteiger partial charge is 0.495 e. The molecule has 3 atom stereocenters. The Hall–Kier alpha value is -1.72. The van der Waals surface area contributed by atoms with Crippen LogP contribution in [-0.2, 0) is 9.53 Å². The number of allylic oxidation sites excluding steroid dienone is 1. The lowest BCUT2D eigenvalue weighted by molar-refractivity contribution is -0.151. The minimum Gasteiger partial charge on any atom is -0.495 e. The zero-order valence-corrected chi connectivity index (χ0v) is 18.0. The highest BCUT2D eigenvalue weighted by Crippen LogP contribution is 2.33. The molecule has 1 saturated heterocycles. The third-order valence-corrected chi connectivity index (χ3v) is 6.08. The van der Waals surface area contributed by atoms with E-state index in [1.807, 2.05) is 18.2 Å². The third-order valence-electron chi connectivity index (χ3n) is 5.77. The minimum atomic E-state index is -0.342. The Morgan fingerprint density at radius 1 is 1.32 bits per heavy atom. The number of esters is 1. The lowest BCUT2D eigenvalue weighted by atomic mass is 9.83. The van der Waals surface area contributed by atoms with Gasteiger partial charge in [0.05, 0.1) is 12.1 Å².